The van der Waals surface area contributed by atoms with E-state index in [0.717, 1.165) is 4.90 Å². The minimum atomic E-state index is -0.480. The molecule has 1 aliphatic heterocycles. The van der Waals surface area contributed by atoms with Crippen molar-refractivity contribution < 1.29 is 19.1 Å². The van der Waals surface area contributed by atoms with Crippen LogP contribution in [0.15, 0.2) is 78.5 Å². The van der Waals surface area contributed by atoms with Crippen LogP contribution in [0, 0.1) is 11.3 Å². The third-order valence-corrected chi connectivity index (χ3v) is 5.29. The molecule has 1 heterocycles. The number of imide groups is 1. The van der Waals surface area contributed by atoms with Crippen molar-refractivity contribution in [3.8, 4) is 17.6 Å². The van der Waals surface area contributed by atoms with Crippen LogP contribution in [0.2, 0.25) is 0 Å². The molecule has 176 valence electrons. The van der Waals surface area contributed by atoms with Gasteiger partial charge in [-0.25, -0.2) is 4.90 Å². The number of benzene rings is 3. The Morgan fingerprint density at radius 2 is 1.51 bits per heavy atom. The number of nitriles is 1. The maximum Gasteiger partial charge on any atom is 0.282 e. The number of carbonyl (C=O) groups excluding carboxylic acids is 2. The molecule has 0 spiro atoms. The van der Waals surface area contributed by atoms with Crippen molar-refractivity contribution in [3.05, 3.63) is 89.6 Å². The fourth-order valence-corrected chi connectivity index (χ4v) is 3.75. The van der Waals surface area contributed by atoms with Crippen LogP contribution in [-0.2, 0) is 9.59 Å². The van der Waals surface area contributed by atoms with Crippen molar-refractivity contribution >= 4 is 28.8 Å². The standard InChI is InChI=1S/C28H25N3O4/c1-4-34-23-13-7-20(8-14-23)25-26(30-21-9-15-24(16-10-21)35-18(2)3)28(33)31(27(25)32)22-11-5-19(17-29)6-12-22/h5-16,18,30H,4H2,1-3H3. The normalized spacial score (nSPS) is 13.3. The van der Waals surface area contributed by atoms with Crippen LogP contribution in [0.25, 0.3) is 5.57 Å². The molecule has 3 aromatic carbocycles. The highest BCUT2D eigenvalue weighted by molar-refractivity contribution is 6.46. The summed E-state index contributed by atoms with van der Waals surface area (Å²) >= 11 is 0. The molecule has 0 bridgehead atoms. The van der Waals surface area contributed by atoms with Gasteiger partial charge in [-0.3, -0.25) is 9.59 Å². The molecular weight excluding hydrogens is 442 g/mol. The van der Waals surface area contributed by atoms with Gasteiger partial charge in [0.1, 0.15) is 17.2 Å². The number of nitrogens with one attached hydrogen (secondary N) is 1. The topological polar surface area (TPSA) is 91.7 Å². The van der Waals surface area contributed by atoms with Gasteiger partial charge in [-0.15, -0.1) is 0 Å². The first kappa shape index (κ1) is 23.6. The van der Waals surface area contributed by atoms with Crippen LogP contribution in [0.1, 0.15) is 31.9 Å². The van der Waals surface area contributed by atoms with E-state index in [-0.39, 0.29) is 17.4 Å². The summed E-state index contributed by atoms with van der Waals surface area (Å²) in [5, 5.41) is 12.2. The molecule has 7 heteroatoms. The summed E-state index contributed by atoms with van der Waals surface area (Å²) in [7, 11) is 0. The summed E-state index contributed by atoms with van der Waals surface area (Å²) in [5.41, 5.74) is 2.48. The van der Waals surface area contributed by atoms with Crippen LogP contribution in [0.5, 0.6) is 11.5 Å². The first-order chi connectivity index (χ1) is 16.9. The van der Waals surface area contributed by atoms with E-state index >= 15 is 0 Å². The predicted molar refractivity (Wildman–Crippen MR) is 134 cm³/mol. The third kappa shape index (κ3) is 5.02. The number of hydrogen-bond donors (Lipinski definition) is 1. The minimum absolute atomic E-state index is 0.0396. The molecule has 3 aromatic rings. The first-order valence-electron chi connectivity index (χ1n) is 11.3. The van der Waals surface area contributed by atoms with E-state index in [9.17, 15) is 9.59 Å². The van der Waals surface area contributed by atoms with Gasteiger partial charge in [0, 0.05) is 5.69 Å². The van der Waals surface area contributed by atoms with Crippen molar-refractivity contribution in [1.82, 2.24) is 0 Å². The van der Waals surface area contributed by atoms with Gasteiger partial charge in [0.2, 0.25) is 0 Å². The molecule has 35 heavy (non-hydrogen) atoms. The maximum atomic E-state index is 13.5. The predicted octanol–water partition coefficient (Wildman–Crippen LogP) is 5.14. The van der Waals surface area contributed by atoms with Crippen molar-refractivity contribution in [2.24, 2.45) is 0 Å². The summed E-state index contributed by atoms with van der Waals surface area (Å²) in [6.07, 6.45) is 0.0396. The van der Waals surface area contributed by atoms with Gasteiger partial charge in [-0.05, 0) is 87.0 Å². The lowest BCUT2D eigenvalue weighted by molar-refractivity contribution is -0.120. The zero-order chi connectivity index (χ0) is 24.9. The van der Waals surface area contributed by atoms with E-state index in [4.69, 9.17) is 14.7 Å². The van der Waals surface area contributed by atoms with E-state index in [1.165, 1.54) is 0 Å². The van der Waals surface area contributed by atoms with Crippen molar-refractivity contribution in [3.63, 3.8) is 0 Å². The quantitative estimate of drug-likeness (QED) is 0.461. The number of hydrogen-bond acceptors (Lipinski definition) is 6. The Morgan fingerprint density at radius 1 is 0.886 bits per heavy atom. The second-order valence-corrected chi connectivity index (χ2v) is 8.13. The minimum Gasteiger partial charge on any atom is -0.494 e. The van der Waals surface area contributed by atoms with Crippen LogP contribution in [-0.4, -0.2) is 24.5 Å². The second kappa shape index (κ2) is 10.1. The van der Waals surface area contributed by atoms with Gasteiger partial charge in [-0.1, -0.05) is 12.1 Å². The van der Waals surface area contributed by atoms with Gasteiger partial charge < -0.3 is 14.8 Å². The van der Waals surface area contributed by atoms with Crippen LogP contribution in [0.3, 0.4) is 0 Å². The Bertz CT molecular complexity index is 1300. The van der Waals surface area contributed by atoms with Crippen LogP contribution < -0.4 is 19.7 Å². The molecule has 0 saturated heterocycles. The SMILES string of the molecule is CCOc1ccc(C2=C(Nc3ccc(OC(C)C)cc3)C(=O)N(c3ccc(C#N)cc3)C2=O)cc1. The molecule has 0 radical (unpaired) electrons. The number of anilines is 2. The van der Waals surface area contributed by atoms with E-state index in [1.807, 2.05) is 26.8 Å². The average molecular weight is 468 g/mol. The highest BCUT2D eigenvalue weighted by Gasteiger charge is 2.40. The van der Waals surface area contributed by atoms with Gasteiger partial charge in [-0.2, -0.15) is 5.26 Å². The Labute approximate surface area is 204 Å². The van der Waals surface area contributed by atoms with Gasteiger partial charge in [0.15, 0.2) is 0 Å². The highest BCUT2D eigenvalue weighted by Crippen LogP contribution is 2.34. The molecule has 0 atom stereocenters. The molecular formula is C28H25N3O4. The number of rotatable bonds is 8. The molecule has 4 rings (SSSR count). The highest BCUT2D eigenvalue weighted by atomic mass is 16.5. The van der Waals surface area contributed by atoms with E-state index in [0.29, 0.717) is 40.6 Å². The van der Waals surface area contributed by atoms with Gasteiger partial charge in [0.25, 0.3) is 11.8 Å². The molecule has 0 unspecified atom stereocenters. The van der Waals surface area contributed by atoms with Crippen LogP contribution >= 0.6 is 0 Å². The molecule has 7 nitrogen and oxygen atoms in total. The lowest BCUT2D eigenvalue weighted by Crippen LogP contribution is -2.32. The summed E-state index contributed by atoms with van der Waals surface area (Å²) in [6.45, 7) is 6.31. The summed E-state index contributed by atoms with van der Waals surface area (Å²) in [6, 6.07) is 22.6. The van der Waals surface area contributed by atoms with E-state index in [2.05, 4.69) is 5.32 Å². The Hall–Kier alpha value is -4.57. The molecule has 0 saturated carbocycles. The summed E-state index contributed by atoms with van der Waals surface area (Å²) in [4.78, 5) is 28.2. The molecule has 0 fully saturated rings. The number of amides is 2. The van der Waals surface area contributed by atoms with Gasteiger partial charge >= 0.3 is 0 Å². The molecule has 0 aromatic heterocycles. The number of ether oxygens (including phenoxy) is 2. The number of carbonyl (C=O) groups is 2. The van der Waals surface area contributed by atoms with Gasteiger partial charge in [0.05, 0.1) is 35.6 Å². The Morgan fingerprint density at radius 3 is 2.09 bits per heavy atom. The molecule has 1 N–H and O–H groups in total. The third-order valence-electron chi connectivity index (χ3n) is 5.29. The Balaban J connectivity index is 1.72. The second-order valence-electron chi connectivity index (χ2n) is 8.13. The zero-order valence-electron chi connectivity index (χ0n) is 19.7. The summed E-state index contributed by atoms with van der Waals surface area (Å²) in [5.74, 6) is 0.448. The lowest BCUT2D eigenvalue weighted by atomic mass is 10.0. The average Bonchev–Trinajstić information content (AvgIpc) is 3.10. The largest absolute Gasteiger partial charge is 0.494 e. The zero-order valence-corrected chi connectivity index (χ0v) is 19.7. The van der Waals surface area contributed by atoms with E-state index in [1.54, 1.807) is 72.8 Å². The van der Waals surface area contributed by atoms with Crippen molar-refractivity contribution in [2.75, 3.05) is 16.8 Å². The van der Waals surface area contributed by atoms with Crippen molar-refractivity contribution in [1.29, 1.82) is 5.26 Å². The number of nitrogens with zero attached hydrogens (tertiary/aromatic N) is 2. The van der Waals surface area contributed by atoms with Crippen LogP contribution in [0.4, 0.5) is 11.4 Å². The lowest BCUT2D eigenvalue weighted by Gasteiger charge is -2.15. The first-order valence-corrected chi connectivity index (χ1v) is 11.3. The molecule has 0 aliphatic carbocycles. The Kier molecular flexibility index (Phi) is 6.83. The van der Waals surface area contributed by atoms with E-state index < -0.39 is 11.8 Å². The fourth-order valence-electron chi connectivity index (χ4n) is 3.75. The summed E-state index contributed by atoms with van der Waals surface area (Å²) < 4.78 is 11.2. The fraction of sp³-hybridized carbons (Fsp3) is 0.179. The van der Waals surface area contributed by atoms with Crippen molar-refractivity contribution in [2.45, 2.75) is 26.9 Å². The molecule has 1 aliphatic rings. The maximum absolute atomic E-state index is 13.5. The smallest absolute Gasteiger partial charge is 0.282 e. The molecule has 2 amide bonds. The monoisotopic (exact) mass is 467 g/mol.